The van der Waals surface area contributed by atoms with Crippen LogP contribution >= 0.6 is 11.6 Å². The van der Waals surface area contributed by atoms with Gasteiger partial charge in [-0.3, -0.25) is 0 Å². The molecule has 0 aliphatic heterocycles. The molecule has 0 aliphatic rings. The van der Waals surface area contributed by atoms with Crippen molar-refractivity contribution < 1.29 is 4.79 Å². The Kier molecular flexibility index (Phi) is 5.64. The number of hydrogen-bond acceptors (Lipinski definition) is 1. The molecule has 0 radical (unpaired) electrons. The predicted octanol–water partition coefficient (Wildman–Crippen LogP) is 3.69. The van der Waals surface area contributed by atoms with Crippen molar-refractivity contribution in [1.82, 2.24) is 10.6 Å². The lowest BCUT2D eigenvalue weighted by Crippen LogP contribution is -2.36. The van der Waals surface area contributed by atoms with Crippen molar-refractivity contribution in [1.29, 1.82) is 0 Å². The third-order valence-electron chi connectivity index (χ3n) is 3.34. The standard InChI is InChI=1S/C17H19ClN2O/c1-13-6-2-3-7-14(13)10-11-19-17(21)20-12-15-8-4-5-9-16(15)18/h2-9H,10-12H2,1H3,(H2,19,20,21). The van der Waals surface area contributed by atoms with Gasteiger partial charge in [0, 0.05) is 18.1 Å². The molecule has 2 amide bonds. The lowest BCUT2D eigenvalue weighted by molar-refractivity contribution is 0.240. The minimum atomic E-state index is -0.177. The minimum Gasteiger partial charge on any atom is -0.338 e. The van der Waals surface area contributed by atoms with E-state index < -0.39 is 0 Å². The molecule has 2 aromatic rings. The summed E-state index contributed by atoms with van der Waals surface area (Å²) >= 11 is 6.04. The van der Waals surface area contributed by atoms with Crippen LogP contribution in [-0.2, 0) is 13.0 Å². The van der Waals surface area contributed by atoms with E-state index in [9.17, 15) is 4.79 Å². The van der Waals surface area contributed by atoms with E-state index in [1.165, 1.54) is 11.1 Å². The summed E-state index contributed by atoms with van der Waals surface area (Å²) in [5.74, 6) is 0. The smallest absolute Gasteiger partial charge is 0.315 e. The first kappa shape index (κ1) is 15.4. The second kappa shape index (κ2) is 7.70. The van der Waals surface area contributed by atoms with Crippen LogP contribution < -0.4 is 10.6 Å². The van der Waals surface area contributed by atoms with Gasteiger partial charge >= 0.3 is 6.03 Å². The normalized spacial score (nSPS) is 10.2. The summed E-state index contributed by atoms with van der Waals surface area (Å²) in [5.41, 5.74) is 3.41. The minimum absolute atomic E-state index is 0.177. The molecule has 2 rings (SSSR count). The highest BCUT2D eigenvalue weighted by atomic mass is 35.5. The fourth-order valence-electron chi connectivity index (χ4n) is 2.08. The van der Waals surface area contributed by atoms with Gasteiger partial charge < -0.3 is 10.6 Å². The molecule has 2 N–H and O–H groups in total. The summed E-state index contributed by atoms with van der Waals surface area (Å²) in [6.45, 7) is 3.11. The average Bonchev–Trinajstić information content (AvgIpc) is 2.48. The molecule has 4 heteroatoms. The number of carbonyl (C=O) groups excluding carboxylic acids is 1. The zero-order valence-electron chi connectivity index (χ0n) is 12.0. The molecule has 0 atom stereocenters. The average molecular weight is 303 g/mol. The summed E-state index contributed by atoms with van der Waals surface area (Å²) < 4.78 is 0. The highest BCUT2D eigenvalue weighted by molar-refractivity contribution is 6.31. The van der Waals surface area contributed by atoms with Crippen LogP contribution in [0.1, 0.15) is 16.7 Å². The molecule has 0 aliphatic carbocycles. The lowest BCUT2D eigenvalue weighted by atomic mass is 10.1. The van der Waals surface area contributed by atoms with Crippen LogP contribution in [0.4, 0.5) is 4.79 Å². The number of hydrogen-bond donors (Lipinski definition) is 2. The molecule has 0 unspecified atom stereocenters. The van der Waals surface area contributed by atoms with E-state index in [-0.39, 0.29) is 6.03 Å². The maximum absolute atomic E-state index is 11.7. The van der Waals surface area contributed by atoms with Crippen molar-refractivity contribution >= 4 is 17.6 Å². The molecule has 0 saturated carbocycles. The number of carbonyl (C=O) groups is 1. The number of aryl methyl sites for hydroxylation is 1. The quantitative estimate of drug-likeness (QED) is 0.869. The van der Waals surface area contributed by atoms with Gasteiger partial charge in [-0.1, -0.05) is 54.1 Å². The van der Waals surface area contributed by atoms with Gasteiger partial charge in [-0.2, -0.15) is 0 Å². The van der Waals surface area contributed by atoms with Gasteiger partial charge in [0.05, 0.1) is 0 Å². The van der Waals surface area contributed by atoms with E-state index in [0.29, 0.717) is 18.1 Å². The molecule has 0 fully saturated rings. The number of halogens is 1. The molecular weight excluding hydrogens is 284 g/mol. The van der Waals surface area contributed by atoms with E-state index in [0.717, 1.165) is 12.0 Å². The number of amides is 2. The van der Waals surface area contributed by atoms with Crippen LogP contribution in [0.2, 0.25) is 5.02 Å². The highest BCUT2D eigenvalue weighted by Crippen LogP contribution is 2.14. The largest absolute Gasteiger partial charge is 0.338 e. The van der Waals surface area contributed by atoms with Crippen molar-refractivity contribution in [2.24, 2.45) is 0 Å². The van der Waals surface area contributed by atoms with Crippen LogP contribution in [0.15, 0.2) is 48.5 Å². The molecule has 2 aromatic carbocycles. The maximum Gasteiger partial charge on any atom is 0.315 e. The number of nitrogens with one attached hydrogen (secondary N) is 2. The van der Waals surface area contributed by atoms with Crippen molar-refractivity contribution in [2.45, 2.75) is 19.9 Å². The zero-order valence-corrected chi connectivity index (χ0v) is 12.8. The molecular formula is C17H19ClN2O. The fraction of sp³-hybridized carbons (Fsp3) is 0.235. The van der Waals surface area contributed by atoms with Gasteiger partial charge in [0.1, 0.15) is 0 Å². The van der Waals surface area contributed by atoms with Crippen molar-refractivity contribution in [3.8, 4) is 0 Å². The Hall–Kier alpha value is -2.00. The highest BCUT2D eigenvalue weighted by Gasteiger charge is 2.03. The summed E-state index contributed by atoms with van der Waals surface area (Å²) in [7, 11) is 0. The van der Waals surface area contributed by atoms with Gasteiger partial charge in [-0.05, 0) is 36.1 Å². The summed E-state index contributed by atoms with van der Waals surface area (Å²) in [5, 5.41) is 6.33. The molecule has 0 aromatic heterocycles. The molecule has 0 heterocycles. The van der Waals surface area contributed by atoms with Crippen LogP contribution in [0.3, 0.4) is 0 Å². The topological polar surface area (TPSA) is 41.1 Å². The Labute approximate surface area is 130 Å². The van der Waals surface area contributed by atoms with Crippen LogP contribution in [0, 0.1) is 6.92 Å². The van der Waals surface area contributed by atoms with Gasteiger partial charge in [0.2, 0.25) is 0 Å². The van der Waals surface area contributed by atoms with Crippen molar-refractivity contribution in [3.63, 3.8) is 0 Å². The van der Waals surface area contributed by atoms with E-state index >= 15 is 0 Å². The van der Waals surface area contributed by atoms with Crippen LogP contribution in [-0.4, -0.2) is 12.6 Å². The predicted molar refractivity (Wildman–Crippen MR) is 86.6 cm³/mol. The molecule has 0 spiro atoms. The second-order valence-corrected chi connectivity index (χ2v) is 5.28. The molecule has 3 nitrogen and oxygen atoms in total. The zero-order chi connectivity index (χ0) is 15.1. The Balaban J connectivity index is 1.73. The van der Waals surface area contributed by atoms with E-state index in [2.05, 4.69) is 29.7 Å². The Bertz CT molecular complexity index is 613. The van der Waals surface area contributed by atoms with Gasteiger partial charge in [-0.25, -0.2) is 4.79 Å². The van der Waals surface area contributed by atoms with Crippen molar-refractivity contribution in [3.05, 3.63) is 70.2 Å². The third kappa shape index (κ3) is 4.80. The first-order valence-electron chi connectivity index (χ1n) is 6.96. The Morgan fingerprint density at radius 1 is 1.00 bits per heavy atom. The fourth-order valence-corrected chi connectivity index (χ4v) is 2.28. The number of urea groups is 1. The first-order valence-corrected chi connectivity index (χ1v) is 7.34. The number of rotatable bonds is 5. The van der Waals surface area contributed by atoms with E-state index in [1.54, 1.807) is 0 Å². The molecule has 0 bridgehead atoms. The summed E-state index contributed by atoms with van der Waals surface area (Å²) in [6.07, 6.45) is 0.826. The van der Waals surface area contributed by atoms with Gasteiger partial charge in [0.15, 0.2) is 0 Å². The van der Waals surface area contributed by atoms with Gasteiger partial charge in [0.25, 0.3) is 0 Å². The summed E-state index contributed by atoms with van der Waals surface area (Å²) in [4.78, 5) is 11.7. The van der Waals surface area contributed by atoms with E-state index in [1.807, 2.05) is 36.4 Å². The Morgan fingerprint density at radius 2 is 1.67 bits per heavy atom. The third-order valence-corrected chi connectivity index (χ3v) is 3.71. The van der Waals surface area contributed by atoms with Crippen LogP contribution in [0.5, 0.6) is 0 Å². The van der Waals surface area contributed by atoms with E-state index in [4.69, 9.17) is 11.6 Å². The monoisotopic (exact) mass is 302 g/mol. The summed E-state index contributed by atoms with van der Waals surface area (Å²) in [6, 6.07) is 15.5. The molecule has 21 heavy (non-hydrogen) atoms. The second-order valence-electron chi connectivity index (χ2n) is 4.88. The number of benzene rings is 2. The van der Waals surface area contributed by atoms with Crippen LogP contribution in [0.25, 0.3) is 0 Å². The lowest BCUT2D eigenvalue weighted by Gasteiger charge is -2.09. The maximum atomic E-state index is 11.7. The van der Waals surface area contributed by atoms with Crippen molar-refractivity contribution in [2.75, 3.05) is 6.54 Å². The van der Waals surface area contributed by atoms with Gasteiger partial charge in [-0.15, -0.1) is 0 Å². The first-order chi connectivity index (χ1) is 10.2. The molecule has 0 saturated heterocycles. The SMILES string of the molecule is Cc1ccccc1CCNC(=O)NCc1ccccc1Cl. The Morgan fingerprint density at radius 3 is 2.38 bits per heavy atom. The molecule has 110 valence electrons.